The van der Waals surface area contributed by atoms with Gasteiger partial charge in [-0.25, -0.2) is 0 Å². The van der Waals surface area contributed by atoms with E-state index in [9.17, 15) is 15.0 Å². The molecule has 4 nitrogen and oxygen atoms in total. The maximum Gasteiger partial charge on any atom is 0.220 e. The number of unbranched alkanes of at least 4 members (excludes halogenated alkanes) is 25. The van der Waals surface area contributed by atoms with Gasteiger partial charge in [0, 0.05) is 6.42 Å². The van der Waals surface area contributed by atoms with E-state index in [-0.39, 0.29) is 12.5 Å². The van der Waals surface area contributed by atoms with Gasteiger partial charge in [0.25, 0.3) is 0 Å². The van der Waals surface area contributed by atoms with Crippen LogP contribution >= 0.6 is 0 Å². The van der Waals surface area contributed by atoms with Gasteiger partial charge in [-0.1, -0.05) is 186 Å². The van der Waals surface area contributed by atoms with Crippen LogP contribution in [-0.2, 0) is 4.79 Å². The SMILES string of the molecule is CCCCCCCCCCCCCCCCCCCC/C=C/CC/C=C/C(O)C(CO)NC(=O)CCCCCCCCC. The summed E-state index contributed by atoms with van der Waals surface area (Å²) in [6.45, 7) is 4.25. The highest BCUT2D eigenvalue weighted by Crippen LogP contribution is 2.15. The second kappa shape index (κ2) is 35.4. The first-order chi connectivity index (χ1) is 21.2. The molecule has 1 amide bonds. The third-order valence-electron chi connectivity index (χ3n) is 8.69. The second-order valence-electron chi connectivity index (χ2n) is 13.0. The van der Waals surface area contributed by atoms with E-state index in [0.29, 0.717) is 6.42 Å². The van der Waals surface area contributed by atoms with Gasteiger partial charge in [0.05, 0.1) is 18.8 Å². The lowest BCUT2D eigenvalue weighted by Gasteiger charge is -2.19. The summed E-state index contributed by atoms with van der Waals surface area (Å²) >= 11 is 0. The van der Waals surface area contributed by atoms with Crippen molar-refractivity contribution in [1.29, 1.82) is 0 Å². The Balaban J connectivity index is 3.54. The largest absolute Gasteiger partial charge is 0.394 e. The fourth-order valence-corrected chi connectivity index (χ4v) is 5.72. The Labute approximate surface area is 269 Å². The molecule has 0 aliphatic rings. The van der Waals surface area contributed by atoms with Gasteiger partial charge in [0.2, 0.25) is 5.91 Å². The van der Waals surface area contributed by atoms with Crippen LogP contribution in [0.2, 0.25) is 0 Å². The zero-order valence-corrected chi connectivity index (χ0v) is 29.0. The number of nitrogens with one attached hydrogen (secondary N) is 1. The molecule has 0 heterocycles. The topological polar surface area (TPSA) is 69.6 Å². The number of amides is 1. The molecule has 0 spiro atoms. The van der Waals surface area contributed by atoms with Crippen molar-refractivity contribution in [3.8, 4) is 0 Å². The number of carbonyl (C=O) groups excluding carboxylic acids is 1. The molecule has 2 unspecified atom stereocenters. The Hall–Kier alpha value is -1.13. The van der Waals surface area contributed by atoms with Crippen LogP contribution in [0.15, 0.2) is 24.3 Å². The molecule has 0 aromatic rings. The average molecular weight is 606 g/mol. The molecule has 3 N–H and O–H groups in total. The van der Waals surface area contributed by atoms with E-state index in [1.807, 2.05) is 6.08 Å². The zero-order chi connectivity index (χ0) is 31.5. The second-order valence-corrected chi connectivity index (χ2v) is 13.0. The van der Waals surface area contributed by atoms with Crippen LogP contribution in [0.1, 0.15) is 200 Å². The lowest BCUT2D eigenvalue weighted by Crippen LogP contribution is -2.45. The number of hydrogen-bond acceptors (Lipinski definition) is 3. The molecular formula is C39H75NO3. The predicted molar refractivity (Wildman–Crippen MR) is 189 cm³/mol. The molecule has 0 saturated carbocycles. The Morgan fingerprint density at radius 2 is 0.907 bits per heavy atom. The molecule has 254 valence electrons. The van der Waals surface area contributed by atoms with Crippen LogP contribution in [0.25, 0.3) is 0 Å². The highest BCUT2D eigenvalue weighted by molar-refractivity contribution is 5.76. The third kappa shape index (κ3) is 32.1. The summed E-state index contributed by atoms with van der Waals surface area (Å²) in [6, 6.07) is -0.631. The van der Waals surface area contributed by atoms with Crippen molar-refractivity contribution in [3.05, 3.63) is 24.3 Å². The Bertz CT molecular complexity index is 618. The van der Waals surface area contributed by atoms with Crippen LogP contribution < -0.4 is 5.32 Å². The molecule has 0 aromatic carbocycles. The number of aliphatic hydroxyl groups excluding tert-OH is 2. The number of aliphatic hydroxyl groups is 2. The fourth-order valence-electron chi connectivity index (χ4n) is 5.72. The van der Waals surface area contributed by atoms with Gasteiger partial charge >= 0.3 is 0 Å². The summed E-state index contributed by atoms with van der Waals surface area (Å²) in [4.78, 5) is 12.2. The summed E-state index contributed by atoms with van der Waals surface area (Å²) in [5, 5.41) is 22.7. The highest BCUT2D eigenvalue weighted by Gasteiger charge is 2.17. The molecule has 0 aromatic heterocycles. The summed E-state index contributed by atoms with van der Waals surface area (Å²) in [5.41, 5.74) is 0. The maximum absolute atomic E-state index is 12.2. The predicted octanol–water partition coefficient (Wildman–Crippen LogP) is 11.3. The Morgan fingerprint density at radius 1 is 0.535 bits per heavy atom. The van der Waals surface area contributed by atoms with Gasteiger partial charge in [-0.15, -0.1) is 0 Å². The van der Waals surface area contributed by atoms with Crippen LogP contribution in [0.3, 0.4) is 0 Å². The summed E-state index contributed by atoms with van der Waals surface area (Å²) < 4.78 is 0. The summed E-state index contributed by atoms with van der Waals surface area (Å²) in [7, 11) is 0. The van der Waals surface area contributed by atoms with Gasteiger partial charge in [-0.2, -0.15) is 0 Å². The number of carbonyl (C=O) groups is 1. The molecule has 2 atom stereocenters. The number of rotatable bonds is 34. The van der Waals surface area contributed by atoms with E-state index in [1.54, 1.807) is 6.08 Å². The van der Waals surface area contributed by atoms with Gasteiger partial charge in [0.15, 0.2) is 0 Å². The standard InChI is InChI=1S/C39H75NO3/c1-3-5-7-9-11-12-13-14-15-16-17-18-19-20-21-22-23-24-25-26-27-29-30-32-34-38(42)37(36-41)40-39(43)35-33-31-28-10-8-6-4-2/h26-27,32,34,37-38,41-42H,3-25,28-31,33,35-36H2,1-2H3,(H,40,43)/b27-26+,34-32+. The van der Waals surface area contributed by atoms with E-state index in [4.69, 9.17) is 0 Å². The van der Waals surface area contributed by atoms with Crippen molar-refractivity contribution in [3.63, 3.8) is 0 Å². The Morgan fingerprint density at radius 3 is 1.35 bits per heavy atom. The minimum Gasteiger partial charge on any atom is -0.394 e. The highest BCUT2D eigenvalue weighted by atomic mass is 16.3. The summed E-state index contributed by atoms with van der Waals surface area (Å²) in [5.74, 6) is -0.0809. The molecule has 43 heavy (non-hydrogen) atoms. The first-order valence-electron chi connectivity index (χ1n) is 19.1. The van der Waals surface area contributed by atoms with Crippen molar-refractivity contribution >= 4 is 5.91 Å². The van der Waals surface area contributed by atoms with E-state index < -0.39 is 12.1 Å². The monoisotopic (exact) mass is 606 g/mol. The minimum atomic E-state index is -0.855. The fraction of sp³-hybridized carbons (Fsp3) is 0.872. The van der Waals surface area contributed by atoms with Crippen molar-refractivity contribution in [2.75, 3.05) is 6.61 Å². The maximum atomic E-state index is 12.2. The first-order valence-corrected chi connectivity index (χ1v) is 19.1. The van der Waals surface area contributed by atoms with E-state index in [2.05, 4.69) is 31.3 Å². The first kappa shape index (κ1) is 41.9. The number of allylic oxidation sites excluding steroid dienone is 3. The molecule has 4 heteroatoms. The molecule has 0 fully saturated rings. The molecule has 0 saturated heterocycles. The number of hydrogen-bond donors (Lipinski definition) is 3. The van der Waals surface area contributed by atoms with Gasteiger partial charge in [-0.05, 0) is 32.1 Å². The van der Waals surface area contributed by atoms with E-state index in [1.165, 1.54) is 148 Å². The van der Waals surface area contributed by atoms with Gasteiger partial charge in [-0.3, -0.25) is 4.79 Å². The lowest BCUT2D eigenvalue weighted by molar-refractivity contribution is -0.123. The molecule has 0 aliphatic heterocycles. The van der Waals surface area contributed by atoms with E-state index >= 15 is 0 Å². The van der Waals surface area contributed by atoms with Gasteiger partial charge < -0.3 is 15.5 Å². The normalized spacial score (nSPS) is 13.3. The van der Waals surface area contributed by atoms with Crippen LogP contribution in [0.5, 0.6) is 0 Å². The molecular weight excluding hydrogens is 530 g/mol. The Kier molecular flexibility index (Phi) is 34.4. The quantitative estimate of drug-likeness (QED) is 0.0505. The van der Waals surface area contributed by atoms with E-state index in [0.717, 1.165) is 32.1 Å². The third-order valence-corrected chi connectivity index (χ3v) is 8.69. The van der Waals surface area contributed by atoms with Crippen molar-refractivity contribution in [2.24, 2.45) is 0 Å². The van der Waals surface area contributed by atoms with Crippen LogP contribution in [0.4, 0.5) is 0 Å². The van der Waals surface area contributed by atoms with Crippen LogP contribution in [0, 0.1) is 0 Å². The summed E-state index contributed by atoms with van der Waals surface area (Å²) in [6.07, 6.45) is 44.4. The van der Waals surface area contributed by atoms with Crippen molar-refractivity contribution < 1.29 is 15.0 Å². The van der Waals surface area contributed by atoms with Crippen molar-refractivity contribution in [2.45, 2.75) is 212 Å². The zero-order valence-electron chi connectivity index (χ0n) is 29.0. The molecule has 0 radical (unpaired) electrons. The molecule has 0 aliphatic carbocycles. The lowest BCUT2D eigenvalue weighted by atomic mass is 10.0. The molecule has 0 bridgehead atoms. The molecule has 0 rings (SSSR count). The van der Waals surface area contributed by atoms with Crippen LogP contribution in [-0.4, -0.2) is 34.9 Å². The van der Waals surface area contributed by atoms with Crippen molar-refractivity contribution in [1.82, 2.24) is 5.32 Å². The smallest absolute Gasteiger partial charge is 0.220 e. The minimum absolute atomic E-state index is 0.0809. The van der Waals surface area contributed by atoms with Gasteiger partial charge in [0.1, 0.15) is 0 Å². The average Bonchev–Trinajstić information content (AvgIpc) is 3.01.